The molecule has 0 spiro atoms. The monoisotopic (exact) mass is 302 g/mol. The Balaban J connectivity index is 1.60. The number of piperidine rings is 1. The van der Waals surface area contributed by atoms with Gasteiger partial charge in [-0.15, -0.1) is 0 Å². The number of nitrogens with zero attached hydrogens (tertiary/aromatic N) is 1. The van der Waals surface area contributed by atoms with Crippen molar-refractivity contribution < 1.29 is 9.53 Å². The molecule has 5 N–H and O–H groups in total. The summed E-state index contributed by atoms with van der Waals surface area (Å²) in [6, 6.07) is 8.16. The first-order chi connectivity index (χ1) is 10.6. The first kappa shape index (κ1) is 14.9. The average Bonchev–Trinajstić information content (AvgIpc) is 2.91. The van der Waals surface area contributed by atoms with Crippen LogP contribution in [0, 0.1) is 0 Å². The van der Waals surface area contributed by atoms with Crippen molar-refractivity contribution in [1.29, 1.82) is 0 Å². The number of hydrogen-bond acceptors (Lipinski definition) is 4. The molecule has 1 aromatic heterocycles. The number of para-hydroxylation sites is 1. The second kappa shape index (κ2) is 6.37. The van der Waals surface area contributed by atoms with Crippen LogP contribution in [0.2, 0.25) is 0 Å². The number of carbonyl (C=O) groups is 1. The maximum absolute atomic E-state index is 10.9. The maximum Gasteiger partial charge on any atom is 0.404 e. The molecule has 6 nitrogen and oxygen atoms in total. The summed E-state index contributed by atoms with van der Waals surface area (Å²) < 4.78 is 5.11. The van der Waals surface area contributed by atoms with Crippen LogP contribution in [0.4, 0.5) is 4.79 Å². The van der Waals surface area contributed by atoms with Gasteiger partial charge in [0.25, 0.3) is 0 Å². The fraction of sp³-hybridized carbons (Fsp3) is 0.438. The number of rotatable bonds is 4. The molecule has 2 heterocycles. The smallest absolute Gasteiger partial charge is 0.404 e. The summed E-state index contributed by atoms with van der Waals surface area (Å²) in [5.74, 6) is 0. The quantitative estimate of drug-likeness (QED) is 0.790. The van der Waals surface area contributed by atoms with Gasteiger partial charge in [0.05, 0.1) is 0 Å². The maximum atomic E-state index is 10.9. The summed E-state index contributed by atoms with van der Waals surface area (Å²) in [6.45, 7) is 2.47. The predicted octanol–water partition coefficient (Wildman–Crippen LogP) is 1.21. The zero-order valence-electron chi connectivity index (χ0n) is 12.5. The lowest BCUT2D eigenvalue weighted by atomic mass is 10.0. The van der Waals surface area contributed by atoms with E-state index in [2.05, 4.69) is 34.3 Å². The summed E-state index contributed by atoms with van der Waals surface area (Å²) in [7, 11) is 0. The Morgan fingerprint density at radius 1 is 1.41 bits per heavy atom. The third kappa shape index (κ3) is 3.23. The van der Waals surface area contributed by atoms with Crippen LogP contribution in [-0.2, 0) is 11.2 Å². The van der Waals surface area contributed by atoms with Crippen LogP contribution in [0.1, 0.15) is 12.0 Å². The van der Waals surface area contributed by atoms with Crippen molar-refractivity contribution >= 4 is 17.0 Å². The summed E-state index contributed by atoms with van der Waals surface area (Å²) >= 11 is 0. The molecule has 0 bridgehead atoms. The van der Waals surface area contributed by atoms with Gasteiger partial charge in [-0.1, -0.05) is 18.2 Å². The minimum absolute atomic E-state index is 0.128. The molecule has 1 fully saturated rings. The SMILES string of the molecule is NC(=O)OC1CN(CCc2c[nH]c3ccccc23)CCC1N. The lowest BCUT2D eigenvalue weighted by molar-refractivity contribution is 0.0344. The number of amides is 1. The van der Waals surface area contributed by atoms with Crippen LogP contribution in [0.3, 0.4) is 0 Å². The van der Waals surface area contributed by atoms with Gasteiger partial charge in [0.15, 0.2) is 0 Å². The molecule has 0 aliphatic carbocycles. The molecule has 22 heavy (non-hydrogen) atoms. The first-order valence-electron chi connectivity index (χ1n) is 7.62. The molecule has 2 atom stereocenters. The molecule has 2 unspecified atom stereocenters. The van der Waals surface area contributed by atoms with Crippen molar-refractivity contribution in [3.63, 3.8) is 0 Å². The summed E-state index contributed by atoms with van der Waals surface area (Å²) in [5.41, 5.74) is 13.6. The molecule has 1 aliphatic heterocycles. The van der Waals surface area contributed by atoms with E-state index in [0.717, 1.165) is 31.4 Å². The number of ether oxygens (including phenoxy) is 1. The average molecular weight is 302 g/mol. The lowest BCUT2D eigenvalue weighted by Crippen LogP contribution is -2.53. The summed E-state index contributed by atoms with van der Waals surface area (Å²) in [5, 5.41) is 1.26. The minimum atomic E-state index is -0.751. The largest absolute Gasteiger partial charge is 0.443 e. The molecule has 1 aliphatic rings. The number of carbonyl (C=O) groups excluding carboxylic acids is 1. The molecule has 2 aromatic rings. The Hall–Kier alpha value is -2.05. The van der Waals surface area contributed by atoms with E-state index in [1.807, 2.05) is 6.07 Å². The van der Waals surface area contributed by atoms with Crippen LogP contribution in [-0.4, -0.2) is 47.8 Å². The Labute approximate surface area is 129 Å². The molecular weight excluding hydrogens is 280 g/mol. The van der Waals surface area contributed by atoms with Crippen LogP contribution < -0.4 is 11.5 Å². The van der Waals surface area contributed by atoms with Crippen molar-refractivity contribution in [1.82, 2.24) is 9.88 Å². The van der Waals surface area contributed by atoms with Gasteiger partial charge in [-0.3, -0.25) is 4.90 Å². The van der Waals surface area contributed by atoms with E-state index in [-0.39, 0.29) is 12.1 Å². The number of likely N-dealkylation sites (tertiary alicyclic amines) is 1. The molecule has 1 saturated heterocycles. The number of H-pyrrole nitrogens is 1. The molecule has 1 amide bonds. The van der Waals surface area contributed by atoms with Crippen molar-refractivity contribution in [2.45, 2.75) is 25.0 Å². The first-order valence-corrected chi connectivity index (χ1v) is 7.62. The van der Waals surface area contributed by atoms with Gasteiger partial charge in [0, 0.05) is 36.2 Å². The molecular formula is C16H22N4O2. The highest BCUT2D eigenvalue weighted by molar-refractivity contribution is 5.83. The number of nitrogens with two attached hydrogens (primary N) is 2. The minimum Gasteiger partial charge on any atom is -0.443 e. The lowest BCUT2D eigenvalue weighted by Gasteiger charge is -2.35. The topological polar surface area (TPSA) is 97.4 Å². The fourth-order valence-corrected chi connectivity index (χ4v) is 3.09. The van der Waals surface area contributed by atoms with Crippen molar-refractivity contribution in [3.05, 3.63) is 36.0 Å². The summed E-state index contributed by atoms with van der Waals surface area (Å²) in [4.78, 5) is 16.5. The van der Waals surface area contributed by atoms with Crippen LogP contribution in [0.15, 0.2) is 30.5 Å². The molecule has 118 valence electrons. The van der Waals surface area contributed by atoms with E-state index in [1.54, 1.807) is 0 Å². The van der Waals surface area contributed by atoms with E-state index in [9.17, 15) is 4.79 Å². The van der Waals surface area contributed by atoms with Crippen LogP contribution >= 0.6 is 0 Å². The number of primary amides is 1. The van der Waals surface area contributed by atoms with Crippen molar-refractivity contribution in [2.24, 2.45) is 11.5 Å². The molecule has 3 rings (SSSR count). The number of hydrogen-bond donors (Lipinski definition) is 3. The fourth-order valence-electron chi connectivity index (χ4n) is 3.09. The molecule has 6 heteroatoms. The number of benzene rings is 1. The van der Waals surface area contributed by atoms with Gasteiger partial charge in [0.2, 0.25) is 0 Å². The Morgan fingerprint density at radius 3 is 3.05 bits per heavy atom. The number of fused-ring (bicyclic) bond motifs is 1. The van der Waals surface area contributed by atoms with Gasteiger partial charge in [-0.2, -0.15) is 0 Å². The number of aromatic amines is 1. The van der Waals surface area contributed by atoms with Gasteiger partial charge in [0.1, 0.15) is 6.10 Å². The standard InChI is InChI=1S/C16H22N4O2/c17-13-6-8-20(10-15(13)22-16(18)21)7-5-11-9-19-14-4-2-1-3-12(11)14/h1-4,9,13,15,19H,5-8,10,17H2,(H2,18,21). The normalized spacial score (nSPS) is 22.8. The van der Waals surface area contributed by atoms with Crippen LogP contribution in [0.5, 0.6) is 0 Å². The van der Waals surface area contributed by atoms with Gasteiger partial charge >= 0.3 is 6.09 Å². The third-order valence-corrected chi connectivity index (χ3v) is 4.33. The second-order valence-corrected chi connectivity index (χ2v) is 5.84. The molecule has 0 saturated carbocycles. The van der Waals surface area contributed by atoms with Gasteiger partial charge in [-0.05, 0) is 31.0 Å². The number of nitrogens with one attached hydrogen (secondary N) is 1. The van der Waals surface area contributed by atoms with Crippen molar-refractivity contribution in [2.75, 3.05) is 19.6 Å². The Bertz CT molecular complexity index is 654. The van der Waals surface area contributed by atoms with E-state index >= 15 is 0 Å². The van der Waals surface area contributed by atoms with Gasteiger partial charge in [-0.25, -0.2) is 4.79 Å². The highest BCUT2D eigenvalue weighted by Crippen LogP contribution is 2.19. The Kier molecular flexibility index (Phi) is 4.31. The zero-order valence-corrected chi connectivity index (χ0v) is 12.5. The van der Waals surface area contributed by atoms with E-state index in [0.29, 0.717) is 6.54 Å². The highest BCUT2D eigenvalue weighted by Gasteiger charge is 2.29. The molecule has 0 radical (unpaired) electrons. The number of aromatic nitrogens is 1. The van der Waals surface area contributed by atoms with E-state index in [1.165, 1.54) is 10.9 Å². The van der Waals surface area contributed by atoms with Crippen LogP contribution in [0.25, 0.3) is 10.9 Å². The second-order valence-electron chi connectivity index (χ2n) is 5.84. The molecule has 1 aromatic carbocycles. The summed E-state index contributed by atoms with van der Waals surface area (Å²) in [6.07, 6.45) is 2.76. The van der Waals surface area contributed by atoms with E-state index < -0.39 is 6.09 Å². The van der Waals surface area contributed by atoms with Crippen molar-refractivity contribution in [3.8, 4) is 0 Å². The highest BCUT2D eigenvalue weighted by atomic mass is 16.6. The van der Waals surface area contributed by atoms with E-state index in [4.69, 9.17) is 16.2 Å². The third-order valence-electron chi connectivity index (χ3n) is 4.33. The zero-order chi connectivity index (χ0) is 15.5. The Morgan fingerprint density at radius 2 is 2.23 bits per heavy atom. The van der Waals surface area contributed by atoms with Gasteiger partial charge < -0.3 is 21.2 Å². The predicted molar refractivity (Wildman–Crippen MR) is 85.5 cm³/mol.